The zero-order valence-electron chi connectivity index (χ0n) is 14.5. The summed E-state index contributed by atoms with van der Waals surface area (Å²) < 4.78 is 5.65. The second-order valence-electron chi connectivity index (χ2n) is 6.55. The number of hydrogen-bond donors (Lipinski definition) is 0. The van der Waals surface area contributed by atoms with Gasteiger partial charge in [0.2, 0.25) is 5.88 Å². The summed E-state index contributed by atoms with van der Waals surface area (Å²) in [7, 11) is 0. The van der Waals surface area contributed by atoms with Crippen molar-refractivity contribution in [3.63, 3.8) is 0 Å². The van der Waals surface area contributed by atoms with E-state index >= 15 is 0 Å². The van der Waals surface area contributed by atoms with E-state index < -0.39 is 0 Å². The minimum Gasteiger partial charge on any atom is -0.467 e. The van der Waals surface area contributed by atoms with Crippen molar-refractivity contribution in [2.75, 3.05) is 19.7 Å². The highest BCUT2D eigenvalue weighted by molar-refractivity contribution is 6.30. The first-order chi connectivity index (χ1) is 12.0. The Kier molecular flexibility index (Phi) is 5.53. The van der Waals surface area contributed by atoms with E-state index in [0.29, 0.717) is 22.6 Å². The monoisotopic (exact) mass is 359 g/mol. The van der Waals surface area contributed by atoms with Crippen molar-refractivity contribution in [3.05, 3.63) is 41.0 Å². The lowest BCUT2D eigenvalue weighted by atomic mass is 10.0. The van der Waals surface area contributed by atoms with Crippen LogP contribution in [-0.4, -0.2) is 40.5 Å². The smallest absolute Gasteiger partial charge is 0.260 e. The molecule has 2 aromatic rings. The molecular weight excluding hydrogens is 338 g/mol. The maximum Gasteiger partial charge on any atom is 0.260 e. The van der Waals surface area contributed by atoms with Crippen LogP contribution in [-0.2, 0) is 4.79 Å². The topological polar surface area (TPSA) is 55.3 Å². The average Bonchev–Trinajstić information content (AvgIpc) is 2.60. The maximum absolute atomic E-state index is 12.3. The molecule has 0 radical (unpaired) electrons. The quantitative estimate of drug-likeness (QED) is 0.834. The van der Waals surface area contributed by atoms with E-state index in [2.05, 4.69) is 16.9 Å². The van der Waals surface area contributed by atoms with E-state index in [0.717, 1.165) is 30.8 Å². The van der Waals surface area contributed by atoms with Crippen molar-refractivity contribution in [1.29, 1.82) is 0 Å². The molecule has 0 bridgehead atoms. The van der Waals surface area contributed by atoms with E-state index in [1.54, 1.807) is 18.2 Å². The molecule has 6 heteroatoms. The van der Waals surface area contributed by atoms with Crippen LogP contribution >= 0.6 is 11.6 Å². The minimum absolute atomic E-state index is 0.00321. The van der Waals surface area contributed by atoms with Crippen LogP contribution in [0.5, 0.6) is 5.88 Å². The van der Waals surface area contributed by atoms with Crippen molar-refractivity contribution < 1.29 is 9.53 Å². The van der Waals surface area contributed by atoms with E-state index in [4.69, 9.17) is 16.3 Å². The number of rotatable bonds is 4. The number of piperidine rings is 1. The normalized spacial score (nSPS) is 17.4. The molecule has 25 heavy (non-hydrogen) atoms. The third-order valence-electron chi connectivity index (χ3n) is 4.29. The number of nitrogens with zero attached hydrogens (tertiary/aromatic N) is 3. The number of aromatic nitrogens is 2. The Morgan fingerprint density at radius 2 is 2.08 bits per heavy atom. The molecule has 5 nitrogen and oxygen atoms in total. The van der Waals surface area contributed by atoms with Gasteiger partial charge in [0.05, 0.1) is 0 Å². The van der Waals surface area contributed by atoms with Crippen LogP contribution in [0, 0.1) is 12.8 Å². The highest BCUT2D eigenvalue weighted by Crippen LogP contribution is 2.21. The standard InChI is InChI=1S/C19H22ClN3O2/c1-13-4-3-9-23(11-13)18(24)12-25-17-10-14(2)21-19(22-17)15-5-7-16(20)8-6-15/h5-8,10,13H,3-4,9,11-12H2,1-2H3. The fraction of sp³-hybridized carbons (Fsp3) is 0.421. The van der Waals surface area contributed by atoms with Crippen LogP contribution in [0.3, 0.4) is 0 Å². The number of hydrogen-bond acceptors (Lipinski definition) is 4. The Balaban J connectivity index is 1.68. The first kappa shape index (κ1) is 17.7. The van der Waals surface area contributed by atoms with Gasteiger partial charge in [-0.05, 0) is 49.9 Å². The van der Waals surface area contributed by atoms with Gasteiger partial charge in [0.25, 0.3) is 5.91 Å². The zero-order chi connectivity index (χ0) is 17.8. The molecule has 0 saturated carbocycles. The summed E-state index contributed by atoms with van der Waals surface area (Å²) in [5, 5.41) is 0.661. The lowest BCUT2D eigenvalue weighted by Gasteiger charge is -2.30. The largest absolute Gasteiger partial charge is 0.467 e. The molecule has 1 fully saturated rings. The number of ether oxygens (including phenoxy) is 1. The van der Waals surface area contributed by atoms with Crippen molar-refractivity contribution in [2.45, 2.75) is 26.7 Å². The van der Waals surface area contributed by atoms with Gasteiger partial charge in [-0.3, -0.25) is 4.79 Å². The maximum atomic E-state index is 12.3. The number of likely N-dealkylation sites (tertiary alicyclic amines) is 1. The fourth-order valence-corrected chi connectivity index (χ4v) is 3.11. The van der Waals surface area contributed by atoms with Gasteiger partial charge >= 0.3 is 0 Å². The summed E-state index contributed by atoms with van der Waals surface area (Å²) in [6.45, 7) is 5.67. The lowest BCUT2D eigenvalue weighted by molar-refractivity contribution is -0.135. The van der Waals surface area contributed by atoms with Gasteiger partial charge in [-0.2, -0.15) is 4.98 Å². The second kappa shape index (κ2) is 7.83. The van der Waals surface area contributed by atoms with Crippen LogP contribution in [0.2, 0.25) is 5.02 Å². The first-order valence-electron chi connectivity index (χ1n) is 8.53. The number of amides is 1. The molecular formula is C19H22ClN3O2. The molecule has 1 atom stereocenters. The molecule has 1 aliphatic rings. The Morgan fingerprint density at radius 1 is 1.32 bits per heavy atom. The van der Waals surface area contributed by atoms with Gasteiger partial charge in [0.15, 0.2) is 12.4 Å². The molecule has 132 valence electrons. The molecule has 0 N–H and O–H groups in total. The second-order valence-corrected chi connectivity index (χ2v) is 6.99. The van der Waals surface area contributed by atoms with Gasteiger partial charge in [-0.1, -0.05) is 18.5 Å². The number of aryl methyl sites for hydroxylation is 1. The zero-order valence-corrected chi connectivity index (χ0v) is 15.3. The van der Waals surface area contributed by atoms with E-state index in [1.807, 2.05) is 24.0 Å². The molecule has 0 aliphatic carbocycles. The van der Waals surface area contributed by atoms with Gasteiger partial charge in [0, 0.05) is 35.4 Å². The molecule has 0 spiro atoms. The van der Waals surface area contributed by atoms with Gasteiger partial charge in [-0.15, -0.1) is 0 Å². The molecule has 1 aliphatic heterocycles. The highest BCUT2D eigenvalue weighted by Gasteiger charge is 2.21. The van der Waals surface area contributed by atoms with Crippen LogP contribution in [0.25, 0.3) is 11.4 Å². The van der Waals surface area contributed by atoms with E-state index in [-0.39, 0.29) is 12.5 Å². The predicted molar refractivity (Wildman–Crippen MR) is 97.7 cm³/mol. The predicted octanol–water partition coefficient (Wildman–Crippen LogP) is 3.74. The molecule has 2 heterocycles. The summed E-state index contributed by atoms with van der Waals surface area (Å²) in [5.74, 6) is 1.54. The number of halogens is 1. The van der Waals surface area contributed by atoms with Crippen LogP contribution in [0.15, 0.2) is 30.3 Å². The van der Waals surface area contributed by atoms with Crippen LogP contribution in [0.4, 0.5) is 0 Å². The third-order valence-corrected chi connectivity index (χ3v) is 4.54. The summed E-state index contributed by atoms with van der Waals surface area (Å²) in [4.78, 5) is 23.1. The SMILES string of the molecule is Cc1cc(OCC(=O)N2CCCC(C)C2)nc(-c2ccc(Cl)cc2)n1. The molecule has 1 aromatic carbocycles. The molecule has 1 amide bonds. The van der Waals surface area contributed by atoms with Crippen molar-refractivity contribution >= 4 is 17.5 Å². The van der Waals surface area contributed by atoms with E-state index in [9.17, 15) is 4.79 Å². The Bertz CT molecular complexity index is 749. The number of carbonyl (C=O) groups is 1. The van der Waals surface area contributed by atoms with Gasteiger partial charge in [-0.25, -0.2) is 4.98 Å². The summed E-state index contributed by atoms with van der Waals surface area (Å²) in [6.07, 6.45) is 2.24. The highest BCUT2D eigenvalue weighted by atomic mass is 35.5. The van der Waals surface area contributed by atoms with Crippen molar-refractivity contribution in [2.24, 2.45) is 5.92 Å². The van der Waals surface area contributed by atoms with Crippen LogP contribution in [0.1, 0.15) is 25.5 Å². The average molecular weight is 360 g/mol. The Labute approximate surface area is 153 Å². The van der Waals surface area contributed by atoms with Crippen molar-refractivity contribution in [3.8, 4) is 17.3 Å². The molecule has 1 unspecified atom stereocenters. The molecule has 1 saturated heterocycles. The Hall–Kier alpha value is -2.14. The Morgan fingerprint density at radius 3 is 2.80 bits per heavy atom. The third kappa shape index (κ3) is 4.69. The number of carbonyl (C=O) groups excluding carboxylic acids is 1. The molecule has 1 aromatic heterocycles. The lowest BCUT2D eigenvalue weighted by Crippen LogP contribution is -2.41. The summed E-state index contributed by atoms with van der Waals surface area (Å²) in [6, 6.07) is 9.06. The van der Waals surface area contributed by atoms with Crippen molar-refractivity contribution in [1.82, 2.24) is 14.9 Å². The van der Waals surface area contributed by atoms with Gasteiger partial charge in [0.1, 0.15) is 0 Å². The fourth-order valence-electron chi connectivity index (χ4n) is 2.98. The van der Waals surface area contributed by atoms with Crippen LogP contribution < -0.4 is 4.74 Å². The van der Waals surface area contributed by atoms with E-state index in [1.165, 1.54) is 6.42 Å². The van der Waals surface area contributed by atoms with Gasteiger partial charge < -0.3 is 9.64 Å². The summed E-state index contributed by atoms with van der Waals surface area (Å²) in [5.41, 5.74) is 1.64. The summed E-state index contributed by atoms with van der Waals surface area (Å²) >= 11 is 5.92. The minimum atomic E-state index is 0.00321. The molecule has 3 rings (SSSR count). The number of benzene rings is 1. The first-order valence-corrected chi connectivity index (χ1v) is 8.91.